The van der Waals surface area contributed by atoms with E-state index < -0.39 is 16.0 Å². The van der Waals surface area contributed by atoms with Gasteiger partial charge in [0.2, 0.25) is 0 Å². The van der Waals surface area contributed by atoms with Crippen molar-refractivity contribution in [3.8, 4) is 6.07 Å². The number of nitrogens with zero attached hydrogens (tertiary/aromatic N) is 2. The Morgan fingerprint density at radius 2 is 1.93 bits per heavy atom. The highest BCUT2D eigenvalue weighted by molar-refractivity contribution is 8.16. The number of thioether (sulfide) groups is 1. The van der Waals surface area contributed by atoms with E-state index >= 15 is 0 Å². The SMILES string of the molecule is CCCCCCCCS(=O)(=O)O/N=C1\SC=CC1C(C#N)c1ccccc1C. The van der Waals surface area contributed by atoms with Crippen LogP contribution >= 0.6 is 11.8 Å². The standard InChI is InChI=1S/C21H28N2O3S2/c1-3-4-5-6-7-10-15-28(24,25)26-23-21-19(13-14-27-21)20(16-22)18-12-9-8-11-17(18)2/h8-9,11-14,19-20H,3-7,10,15H2,1-2H3/b23-21-. The van der Waals surface area contributed by atoms with Gasteiger partial charge in [-0.15, -0.1) is 0 Å². The molecule has 152 valence electrons. The number of oxime groups is 1. The van der Waals surface area contributed by atoms with Crippen molar-refractivity contribution in [2.75, 3.05) is 5.75 Å². The molecule has 2 rings (SSSR count). The minimum atomic E-state index is -3.70. The third kappa shape index (κ3) is 6.68. The Morgan fingerprint density at radius 1 is 1.21 bits per heavy atom. The molecule has 7 heteroatoms. The van der Waals surface area contributed by atoms with Crippen LogP contribution in [0.15, 0.2) is 40.9 Å². The molecule has 1 heterocycles. The predicted octanol–water partition coefficient (Wildman–Crippen LogP) is 5.50. The Labute approximate surface area is 173 Å². The lowest BCUT2D eigenvalue weighted by molar-refractivity contribution is 0.336. The largest absolute Gasteiger partial charge is 0.328 e. The van der Waals surface area contributed by atoms with Crippen LogP contribution in [0, 0.1) is 24.2 Å². The van der Waals surface area contributed by atoms with Gasteiger partial charge in [0, 0.05) is 5.92 Å². The molecule has 0 saturated carbocycles. The molecule has 0 N–H and O–H groups in total. The molecule has 0 amide bonds. The summed E-state index contributed by atoms with van der Waals surface area (Å²) >= 11 is 1.30. The molecule has 5 nitrogen and oxygen atoms in total. The minimum absolute atomic E-state index is 0.0296. The van der Waals surface area contributed by atoms with Gasteiger partial charge in [-0.05, 0) is 29.9 Å². The predicted molar refractivity (Wildman–Crippen MR) is 115 cm³/mol. The smallest absolute Gasteiger partial charge is 0.268 e. The zero-order valence-electron chi connectivity index (χ0n) is 16.5. The van der Waals surface area contributed by atoms with Crippen LogP contribution in [0.3, 0.4) is 0 Å². The van der Waals surface area contributed by atoms with Crippen LogP contribution in [0.4, 0.5) is 0 Å². The van der Waals surface area contributed by atoms with Crippen LogP contribution in [0.1, 0.15) is 62.5 Å². The molecule has 2 unspecified atom stereocenters. The second-order valence-corrected chi connectivity index (χ2v) is 9.57. The quantitative estimate of drug-likeness (QED) is 0.349. The molecule has 0 aromatic heterocycles. The van der Waals surface area contributed by atoms with Gasteiger partial charge >= 0.3 is 10.1 Å². The number of rotatable bonds is 11. The van der Waals surface area contributed by atoms with Crippen molar-refractivity contribution in [1.29, 1.82) is 5.26 Å². The maximum Gasteiger partial charge on any atom is 0.328 e. The molecule has 0 spiro atoms. The van der Waals surface area contributed by atoms with Crippen LogP contribution in [0.25, 0.3) is 0 Å². The van der Waals surface area contributed by atoms with Gasteiger partial charge in [0.25, 0.3) is 0 Å². The summed E-state index contributed by atoms with van der Waals surface area (Å²) < 4.78 is 29.2. The fourth-order valence-electron chi connectivity index (χ4n) is 3.16. The van der Waals surface area contributed by atoms with Crippen LogP contribution in [0.2, 0.25) is 0 Å². The lowest BCUT2D eigenvalue weighted by Gasteiger charge is -2.18. The summed E-state index contributed by atoms with van der Waals surface area (Å²) in [6.45, 7) is 4.11. The lowest BCUT2D eigenvalue weighted by Crippen LogP contribution is -2.17. The first-order chi connectivity index (χ1) is 13.5. The minimum Gasteiger partial charge on any atom is -0.268 e. The topological polar surface area (TPSA) is 79.5 Å². The van der Waals surface area contributed by atoms with Crippen LogP contribution in [0.5, 0.6) is 0 Å². The number of hydrogen-bond acceptors (Lipinski definition) is 6. The highest BCUT2D eigenvalue weighted by Gasteiger charge is 2.31. The molecule has 0 saturated heterocycles. The number of benzene rings is 1. The zero-order chi connectivity index (χ0) is 20.4. The van der Waals surface area contributed by atoms with Gasteiger partial charge in [-0.25, -0.2) is 0 Å². The number of hydrogen-bond donors (Lipinski definition) is 0. The first-order valence-corrected chi connectivity index (χ1v) is 12.2. The van der Waals surface area contributed by atoms with Gasteiger partial charge in [-0.3, -0.25) is 4.28 Å². The lowest BCUT2D eigenvalue weighted by atomic mass is 9.85. The van der Waals surface area contributed by atoms with Crippen LogP contribution in [-0.2, 0) is 14.4 Å². The molecule has 0 bridgehead atoms. The number of unbranched alkanes of at least 4 members (excludes halogenated alkanes) is 5. The van der Waals surface area contributed by atoms with Gasteiger partial charge in [-0.2, -0.15) is 13.7 Å². The zero-order valence-corrected chi connectivity index (χ0v) is 18.1. The summed E-state index contributed by atoms with van der Waals surface area (Å²) in [4.78, 5) is 0. The fourth-order valence-corrected chi connectivity index (χ4v) is 4.87. The van der Waals surface area contributed by atoms with Crippen molar-refractivity contribution in [2.24, 2.45) is 11.1 Å². The Kier molecular flexibility index (Phi) is 9.07. The van der Waals surface area contributed by atoms with E-state index in [1.807, 2.05) is 42.7 Å². The molecule has 1 aromatic rings. The van der Waals surface area contributed by atoms with Crippen molar-refractivity contribution in [3.05, 3.63) is 46.9 Å². The summed E-state index contributed by atoms with van der Waals surface area (Å²) in [6.07, 6.45) is 7.87. The van der Waals surface area contributed by atoms with E-state index in [0.717, 1.165) is 36.8 Å². The van der Waals surface area contributed by atoms with E-state index in [-0.39, 0.29) is 11.7 Å². The van der Waals surface area contributed by atoms with Crippen molar-refractivity contribution >= 4 is 26.9 Å². The molecule has 1 aliphatic heterocycles. The van der Waals surface area contributed by atoms with Gasteiger partial charge in [-0.1, -0.05) is 86.3 Å². The summed E-state index contributed by atoms with van der Waals surface area (Å²) in [5, 5.41) is 15.9. The monoisotopic (exact) mass is 420 g/mol. The van der Waals surface area contributed by atoms with E-state index in [4.69, 9.17) is 4.28 Å². The normalized spacial score (nSPS) is 18.9. The first kappa shape index (κ1) is 22.5. The molecule has 28 heavy (non-hydrogen) atoms. The van der Waals surface area contributed by atoms with Crippen molar-refractivity contribution in [3.63, 3.8) is 0 Å². The van der Waals surface area contributed by atoms with Crippen LogP contribution < -0.4 is 0 Å². The third-order valence-corrected chi connectivity index (χ3v) is 6.74. The maximum absolute atomic E-state index is 12.1. The Morgan fingerprint density at radius 3 is 2.64 bits per heavy atom. The van der Waals surface area contributed by atoms with E-state index in [1.165, 1.54) is 18.2 Å². The molecular formula is C21H28N2O3S2. The molecule has 1 aromatic carbocycles. The van der Waals surface area contributed by atoms with Crippen molar-refractivity contribution < 1.29 is 12.7 Å². The second kappa shape index (κ2) is 11.3. The van der Waals surface area contributed by atoms with Gasteiger partial charge in [0.1, 0.15) is 5.04 Å². The number of nitriles is 1. The summed E-state index contributed by atoms with van der Waals surface area (Å²) in [5.74, 6) is -0.769. The molecule has 0 radical (unpaired) electrons. The fraction of sp³-hybridized carbons (Fsp3) is 0.524. The summed E-state index contributed by atoms with van der Waals surface area (Å²) in [6, 6.07) is 10.1. The average Bonchev–Trinajstić information content (AvgIpc) is 3.13. The van der Waals surface area contributed by atoms with Gasteiger partial charge in [0.15, 0.2) is 0 Å². The Bertz CT molecular complexity index is 841. The van der Waals surface area contributed by atoms with Crippen molar-refractivity contribution in [2.45, 2.75) is 58.3 Å². The van der Waals surface area contributed by atoms with E-state index in [0.29, 0.717) is 11.5 Å². The molecule has 0 aliphatic carbocycles. The highest BCUT2D eigenvalue weighted by atomic mass is 32.2. The maximum atomic E-state index is 12.1. The average molecular weight is 421 g/mol. The van der Waals surface area contributed by atoms with Gasteiger partial charge in [0.05, 0.1) is 17.7 Å². The van der Waals surface area contributed by atoms with E-state index in [2.05, 4.69) is 18.1 Å². The molecule has 1 aliphatic rings. The number of allylic oxidation sites excluding steroid dienone is 1. The van der Waals surface area contributed by atoms with E-state index in [9.17, 15) is 13.7 Å². The highest BCUT2D eigenvalue weighted by Crippen LogP contribution is 2.37. The van der Waals surface area contributed by atoms with Crippen molar-refractivity contribution in [1.82, 2.24) is 0 Å². The van der Waals surface area contributed by atoms with Crippen LogP contribution in [-0.4, -0.2) is 19.2 Å². The Hall–Kier alpha value is -1.78. The second-order valence-electron chi connectivity index (χ2n) is 6.97. The molecular weight excluding hydrogens is 392 g/mol. The summed E-state index contributed by atoms with van der Waals surface area (Å²) in [7, 11) is -3.70. The molecule has 0 fully saturated rings. The third-order valence-electron chi connectivity index (χ3n) is 4.77. The summed E-state index contributed by atoms with van der Waals surface area (Å²) in [5.41, 5.74) is 1.94. The first-order valence-electron chi connectivity index (χ1n) is 9.76. The Balaban J connectivity index is 1.97. The molecule has 2 atom stereocenters. The number of aryl methyl sites for hydroxylation is 1. The van der Waals surface area contributed by atoms with Gasteiger partial charge < -0.3 is 0 Å². The van der Waals surface area contributed by atoms with E-state index in [1.54, 1.807) is 0 Å².